The van der Waals surface area contributed by atoms with Crippen molar-refractivity contribution in [3.05, 3.63) is 22.8 Å². The summed E-state index contributed by atoms with van der Waals surface area (Å²) in [5, 5.41) is 1.18. The van der Waals surface area contributed by atoms with E-state index < -0.39 is 0 Å². The van der Waals surface area contributed by atoms with Crippen LogP contribution in [0.15, 0.2) is 6.07 Å². The van der Waals surface area contributed by atoms with Crippen molar-refractivity contribution in [1.82, 2.24) is 0 Å². The molecular weight excluding hydrogens is 188 g/mol. The van der Waals surface area contributed by atoms with Crippen LogP contribution in [0.25, 0.3) is 0 Å². The molecule has 1 nitrogen and oxygen atoms in total. The minimum Gasteiger partial charge on any atom is -0.493 e. The number of aryl methyl sites for hydroxylation is 2. The van der Waals surface area contributed by atoms with Crippen LogP contribution in [0.3, 0.4) is 0 Å². The van der Waals surface area contributed by atoms with E-state index in [0.717, 1.165) is 18.8 Å². The minimum absolute atomic E-state index is 0.721. The Labute approximate surface area is 89.9 Å². The molecule has 0 unspecified atom stereocenters. The maximum atomic E-state index is 5.62. The maximum absolute atomic E-state index is 5.62. The summed E-state index contributed by atoms with van der Waals surface area (Å²) in [4.78, 5) is 0. The summed E-state index contributed by atoms with van der Waals surface area (Å²) in [6, 6.07) is 2.19. The molecule has 1 rings (SSSR count). The monoisotopic (exact) mass is 205 g/mol. The molecule has 14 heavy (non-hydrogen) atoms. The van der Waals surface area contributed by atoms with Gasteiger partial charge >= 0.3 is 0 Å². The van der Waals surface area contributed by atoms with Crippen LogP contribution in [-0.2, 0) is 6.42 Å². The van der Waals surface area contributed by atoms with Gasteiger partial charge in [-0.15, -0.1) is 0 Å². The summed E-state index contributed by atoms with van der Waals surface area (Å²) in [5.74, 6) is 1.02. The lowest BCUT2D eigenvalue weighted by Crippen LogP contribution is -2.16. The second kappa shape index (κ2) is 4.65. The lowest BCUT2D eigenvalue weighted by atomic mass is 10.0. The molecule has 0 N–H and O–H groups in total. The zero-order chi connectivity index (χ0) is 10.7. The molecule has 0 atom stereocenters. The molecule has 0 aliphatic heterocycles. The van der Waals surface area contributed by atoms with Crippen LogP contribution in [0.1, 0.15) is 30.5 Å². The van der Waals surface area contributed by atoms with Crippen molar-refractivity contribution >= 4 is 15.4 Å². The van der Waals surface area contributed by atoms with E-state index in [2.05, 4.69) is 37.1 Å². The van der Waals surface area contributed by atoms with Gasteiger partial charge in [0, 0.05) is 0 Å². The first-order chi connectivity index (χ1) is 6.61. The average molecular weight is 205 g/mol. The van der Waals surface area contributed by atoms with Gasteiger partial charge in [-0.05, 0) is 43.9 Å². The fourth-order valence-corrected chi connectivity index (χ4v) is 2.06. The van der Waals surface area contributed by atoms with E-state index >= 15 is 0 Å². The van der Waals surface area contributed by atoms with E-state index in [9.17, 15) is 0 Å². The molecule has 0 saturated carbocycles. The van der Waals surface area contributed by atoms with E-state index in [0.29, 0.717) is 0 Å². The summed E-state index contributed by atoms with van der Waals surface area (Å²) >= 11 is 0. The number of hydrogen-bond donors (Lipinski definition) is 0. The molecule has 0 spiro atoms. The third-order valence-electron chi connectivity index (χ3n) is 2.46. The van der Waals surface area contributed by atoms with Gasteiger partial charge in [-0.3, -0.25) is 0 Å². The molecule has 0 heterocycles. The van der Waals surface area contributed by atoms with Crippen LogP contribution in [0, 0.1) is 13.8 Å². The molecule has 0 saturated heterocycles. The van der Waals surface area contributed by atoms with E-state index in [-0.39, 0.29) is 0 Å². The molecule has 0 aromatic heterocycles. The number of hydrogen-bond acceptors (Lipinski definition) is 1. The van der Waals surface area contributed by atoms with E-state index in [1.54, 1.807) is 0 Å². The molecule has 2 heteroatoms. The first kappa shape index (κ1) is 11.3. The van der Waals surface area contributed by atoms with E-state index in [1.807, 2.05) is 6.92 Å². The number of benzene rings is 1. The second-order valence-electron chi connectivity index (χ2n) is 3.47. The first-order valence-electron chi connectivity index (χ1n) is 5.09. The molecule has 0 bridgehead atoms. The molecule has 1 aromatic carbocycles. The van der Waals surface area contributed by atoms with Crippen LogP contribution in [0.4, 0.5) is 0 Å². The Bertz CT molecular complexity index is 332. The van der Waals surface area contributed by atoms with Gasteiger partial charge in [-0.1, -0.05) is 18.2 Å². The van der Waals surface area contributed by atoms with Crippen LogP contribution in [-0.4, -0.2) is 16.8 Å². The summed E-state index contributed by atoms with van der Waals surface area (Å²) in [7, 11) is 3.67. The molecular formula is C12H17OSi. The summed E-state index contributed by atoms with van der Waals surface area (Å²) in [6.45, 7) is 9.10. The minimum atomic E-state index is 0.721. The molecule has 0 aliphatic carbocycles. The Morgan fingerprint density at radius 1 is 1.29 bits per heavy atom. The van der Waals surface area contributed by atoms with Gasteiger partial charge < -0.3 is 4.74 Å². The highest BCUT2D eigenvalue weighted by Gasteiger charge is 2.09. The Morgan fingerprint density at radius 2 is 1.93 bits per heavy atom. The number of rotatable bonds is 3. The van der Waals surface area contributed by atoms with Crippen molar-refractivity contribution in [1.29, 1.82) is 0 Å². The Balaban J connectivity index is 3.26. The SMILES string of the molecule is CCOc1c(C)cc(CC)c([Si])c1C. The van der Waals surface area contributed by atoms with Gasteiger partial charge in [-0.25, -0.2) is 0 Å². The summed E-state index contributed by atoms with van der Waals surface area (Å²) < 4.78 is 5.62. The highest BCUT2D eigenvalue weighted by atomic mass is 28.1. The Morgan fingerprint density at radius 3 is 2.43 bits per heavy atom. The number of ether oxygens (including phenoxy) is 1. The third-order valence-corrected chi connectivity index (χ3v) is 3.15. The Hall–Kier alpha value is -0.763. The fourth-order valence-electron chi connectivity index (χ4n) is 1.69. The normalized spacial score (nSPS) is 10.4. The first-order valence-corrected chi connectivity index (χ1v) is 5.59. The lowest BCUT2D eigenvalue weighted by Gasteiger charge is -2.15. The van der Waals surface area contributed by atoms with E-state index in [4.69, 9.17) is 4.74 Å². The zero-order valence-electron chi connectivity index (χ0n) is 9.40. The van der Waals surface area contributed by atoms with Crippen LogP contribution >= 0.6 is 0 Å². The van der Waals surface area contributed by atoms with Gasteiger partial charge in [0.2, 0.25) is 0 Å². The highest BCUT2D eigenvalue weighted by Crippen LogP contribution is 2.22. The van der Waals surface area contributed by atoms with Crippen molar-refractivity contribution in [2.75, 3.05) is 6.61 Å². The molecule has 1 aromatic rings. The molecule has 0 aliphatic rings. The van der Waals surface area contributed by atoms with E-state index in [1.165, 1.54) is 21.9 Å². The van der Waals surface area contributed by atoms with Crippen molar-refractivity contribution in [2.24, 2.45) is 0 Å². The van der Waals surface area contributed by atoms with Gasteiger partial charge in [0.15, 0.2) is 0 Å². The molecule has 75 valence electrons. The van der Waals surface area contributed by atoms with Gasteiger partial charge in [0.25, 0.3) is 0 Å². The maximum Gasteiger partial charge on any atom is 0.124 e. The fraction of sp³-hybridized carbons (Fsp3) is 0.500. The van der Waals surface area contributed by atoms with Crippen molar-refractivity contribution in [2.45, 2.75) is 34.1 Å². The Kier molecular flexibility index (Phi) is 3.75. The zero-order valence-corrected chi connectivity index (χ0v) is 10.4. The highest BCUT2D eigenvalue weighted by molar-refractivity contribution is 6.34. The summed E-state index contributed by atoms with van der Waals surface area (Å²) in [5.41, 5.74) is 3.78. The van der Waals surface area contributed by atoms with Gasteiger partial charge in [0.05, 0.1) is 16.8 Å². The average Bonchev–Trinajstić information content (AvgIpc) is 2.18. The van der Waals surface area contributed by atoms with Gasteiger partial charge in [0.1, 0.15) is 5.75 Å². The summed E-state index contributed by atoms with van der Waals surface area (Å²) in [6.07, 6.45) is 1.05. The molecule has 0 fully saturated rings. The molecule has 3 radical (unpaired) electrons. The van der Waals surface area contributed by atoms with Crippen LogP contribution < -0.4 is 9.92 Å². The van der Waals surface area contributed by atoms with Crippen LogP contribution in [0.5, 0.6) is 5.75 Å². The third kappa shape index (κ3) is 2.00. The van der Waals surface area contributed by atoms with Crippen molar-refractivity contribution < 1.29 is 4.74 Å². The standard InChI is InChI=1S/C12H17OSi/c1-5-10-7-8(3)11(13-6-2)9(4)12(10)14/h7H,5-6H2,1-4H3. The van der Waals surface area contributed by atoms with Crippen molar-refractivity contribution in [3.63, 3.8) is 0 Å². The van der Waals surface area contributed by atoms with Crippen LogP contribution in [0.2, 0.25) is 0 Å². The predicted molar refractivity (Wildman–Crippen MR) is 61.9 cm³/mol. The lowest BCUT2D eigenvalue weighted by molar-refractivity contribution is 0.336. The topological polar surface area (TPSA) is 9.23 Å². The second-order valence-corrected chi connectivity index (χ2v) is 3.97. The quantitative estimate of drug-likeness (QED) is 0.686. The smallest absolute Gasteiger partial charge is 0.124 e. The van der Waals surface area contributed by atoms with Gasteiger partial charge in [-0.2, -0.15) is 0 Å². The largest absolute Gasteiger partial charge is 0.493 e. The molecule has 0 amide bonds. The predicted octanol–water partition coefficient (Wildman–Crippen LogP) is 2.06. The van der Waals surface area contributed by atoms with Crippen molar-refractivity contribution in [3.8, 4) is 5.75 Å².